The number of Topliss-reactive ketones (excluding diaryl/α,β-unsaturated/α-hetero) is 1. The Kier molecular flexibility index (Phi) is 1.84. The van der Waals surface area contributed by atoms with Gasteiger partial charge in [0, 0.05) is 12.3 Å². The van der Waals surface area contributed by atoms with Gasteiger partial charge in [0.15, 0.2) is 0 Å². The molecule has 1 aliphatic rings. The second kappa shape index (κ2) is 2.37. The molecule has 1 heteroatoms. The Morgan fingerprint density at radius 3 is 2.40 bits per heavy atom. The maximum absolute atomic E-state index is 11.2. The van der Waals surface area contributed by atoms with Gasteiger partial charge in [-0.1, -0.05) is 20.8 Å². The van der Waals surface area contributed by atoms with Gasteiger partial charge >= 0.3 is 0 Å². The minimum absolute atomic E-state index is 0.340. The van der Waals surface area contributed by atoms with Crippen molar-refractivity contribution >= 4 is 5.78 Å². The monoisotopic (exact) mass is 140 g/mol. The highest BCUT2D eigenvalue weighted by Crippen LogP contribution is 2.52. The molecule has 1 saturated carbocycles. The lowest BCUT2D eigenvalue weighted by Gasteiger charge is -1.99. The third kappa shape index (κ3) is 1.39. The van der Waals surface area contributed by atoms with Crippen LogP contribution in [0.1, 0.15) is 40.0 Å². The van der Waals surface area contributed by atoms with Crippen LogP contribution in [0.5, 0.6) is 0 Å². The molecule has 1 rings (SSSR count). The fourth-order valence-electron chi connectivity index (χ4n) is 1.44. The molecule has 1 fully saturated rings. The van der Waals surface area contributed by atoms with E-state index in [0.717, 1.165) is 19.3 Å². The lowest BCUT2D eigenvalue weighted by Crippen LogP contribution is -2.04. The van der Waals surface area contributed by atoms with Crippen molar-refractivity contribution in [3.05, 3.63) is 0 Å². The Morgan fingerprint density at radius 2 is 2.10 bits per heavy atom. The van der Waals surface area contributed by atoms with Crippen molar-refractivity contribution < 1.29 is 4.79 Å². The van der Waals surface area contributed by atoms with E-state index in [4.69, 9.17) is 0 Å². The summed E-state index contributed by atoms with van der Waals surface area (Å²) in [5.74, 6) is 0.875. The highest BCUT2D eigenvalue weighted by Gasteiger charge is 2.49. The zero-order chi connectivity index (χ0) is 7.78. The smallest absolute Gasteiger partial charge is 0.136 e. The summed E-state index contributed by atoms with van der Waals surface area (Å²) in [5.41, 5.74) is 0.340. The van der Waals surface area contributed by atoms with E-state index in [1.165, 1.54) is 0 Å². The second-order valence-corrected chi connectivity index (χ2v) is 3.96. The normalized spacial score (nSPS) is 28.1. The molecule has 0 unspecified atom stereocenters. The zero-order valence-corrected chi connectivity index (χ0v) is 7.11. The molecule has 58 valence electrons. The molecule has 1 nitrogen and oxygen atoms in total. The van der Waals surface area contributed by atoms with Gasteiger partial charge in [0.1, 0.15) is 5.78 Å². The molecule has 1 atom stereocenters. The Morgan fingerprint density at radius 1 is 1.60 bits per heavy atom. The topological polar surface area (TPSA) is 17.1 Å². The average molecular weight is 140 g/mol. The van der Waals surface area contributed by atoms with Crippen LogP contribution in [-0.2, 0) is 4.79 Å². The average Bonchev–Trinajstić information content (AvgIpc) is 2.41. The summed E-state index contributed by atoms with van der Waals surface area (Å²) < 4.78 is 0. The van der Waals surface area contributed by atoms with Gasteiger partial charge in [-0.3, -0.25) is 4.79 Å². The first-order valence-electron chi connectivity index (χ1n) is 4.10. The van der Waals surface area contributed by atoms with E-state index in [-0.39, 0.29) is 0 Å². The van der Waals surface area contributed by atoms with Gasteiger partial charge in [-0.2, -0.15) is 0 Å². The van der Waals surface area contributed by atoms with Gasteiger partial charge in [-0.05, 0) is 18.3 Å². The molecule has 0 aromatic rings. The van der Waals surface area contributed by atoms with Crippen molar-refractivity contribution in [1.29, 1.82) is 0 Å². The fraction of sp³-hybridized carbons (Fsp3) is 0.889. The summed E-state index contributed by atoms with van der Waals surface area (Å²) in [4.78, 5) is 11.2. The highest BCUT2D eigenvalue weighted by atomic mass is 16.1. The van der Waals surface area contributed by atoms with Gasteiger partial charge in [-0.25, -0.2) is 0 Å². The van der Waals surface area contributed by atoms with E-state index >= 15 is 0 Å². The van der Waals surface area contributed by atoms with Crippen LogP contribution in [0.3, 0.4) is 0 Å². The number of rotatable bonds is 3. The Labute approximate surface area is 62.8 Å². The molecule has 1 aliphatic carbocycles. The van der Waals surface area contributed by atoms with Crippen molar-refractivity contribution in [2.75, 3.05) is 0 Å². The Balaban J connectivity index is 2.33. The lowest BCUT2D eigenvalue weighted by molar-refractivity contribution is -0.120. The third-order valence-corrected chi connectivity index (χ3v) is 2.40. The summed E-state index contributed by atoms with van der Waals surface area (Å²) in [6.07, 6.45) is 2.91. The standard InChI is InChI=1S/C9H16O/c1-4-5-8(10)7-6-9(7,2)3/h7H,4-6H2,1-3H3/t7-/m0/s1. The van der Waals surface area contributed by atoms with Gasteiger partial charge in [0.25, 0.3) is 0 Å². The predicted molar refractivity (Wildman–Crippen MR) is 41.8 cm³/mol. The number of carbonyl (C=O) groups is 1. The van der Waals surface area contributed by atoms with Crippen molar-refractivity contribution in [1.82, 2.24) is 0 Å². The fourth-order valence-corrected chi connectivity index (χ4v) is 1.44. The van der Waals surface area contributed by atoms with Crippen molar-refractivity contribution in [3.63, 3.8) is 0 Å². The van der Waals surface area contributed by atoms with Crippen LogP contribution >= 0.6 is 0 Å². The number of hydrogen-bond donors (Lipinski definition) is 0. The van der Waals surface area contributed by atoms with Crippen LogP contribution in [0.25, 0.3) is 0 Å². The molecule has 0 saturated heterocycles. The number of carbonyl (C=O) groups excluding carboxylic acids is 1. The van der Waals surface area contributed by atoms with Crippen LogP contribution in [-0.4, -0.2) is 5.78 Å². The molecule has 0 amide bonds. The number of hydrogen-bond acceptors (Lipinski definition) is 1. The Bertz CT molecular complexity index is 147. The van der Waals surface area contributed by atoms with Gasteiger partial charge in [0.2, 0.25) is 0 Å². The van der Waals surface area contributed by atoms with E-state index < -0.39 is 0 Å². The highest BCUT2D eigenvalue weighted by molar-refractivity contribution is 5.84. The molecular formula is C9H16O. The van der Waals surface area contributed by atoms with Crippen LogP contribution in [0.4, 0.5) is 0 Å². The largest absolute Gasteiger partial charge is 0.299 e. The van der Waals surface area contributed by atoms with Crippen molar-refractivity contribution in [2.45, 2.75) is 40.0 Å². The van der Waals surface area contributed by atoms with Gasteiger partial charge < -0.3 is 0 Å². The van der Waals surface area contributed by atoms with Gasteiger partial charge in [0.05, 0.1) is 0 Å². The minimum Gasteiger partial charge on any atom is -0.299 e. The molecule has 0 bridgehead atoms. The molecule has 10 heavy (non-hydrogen) atoms. The maximum atomic E-state index is 11.2. The van der Waals surface area contributed by atoms with Gasteiger partial charge in [-0.15, -0.1) is 0 Å². The zero-order valence-electron chi connectivity index (χ0n) is 7.11. The van der Waals surface area contributed by atoms with E-state index in [2.05, 4.69) is 20.8 Å². The summed E-state index contributed by atoms with van der Waals surface area (Å²) in [5, 5.41) is 0. The van der Waals surface area contributed by atoms with Crippen LogP contribution in [0, 0.1) is 11.3 Å². The second-order valence-electron chi connectivity index (χ2n) is 3.96. The molecule has 0 spiro atoms. The molecule has 0 heterocycles. The number of ketones is 1. The van der Waals surface area contributed by atoms with Crippen molar-refractivity contribution in [2.24, 2.45) is 11.3 Å². The molecule has 0 N–H and O–H groups in total. The molecular weight excluding hydrogens is 124 g/mol. The molecule has 0 aliphatic heterocycles. The Hall–Kier alpha value is -0.330. The first-order chi connectivity index (χ1) is 4.58. The minimum atomic E-state index is 0.340. The molecule has 0 radical (unpaired) electrons. The SMILES string of the molecule is CCCC(=O)[C@@H]1CC1(C)C. The summed E-state index contributed by atoms with van der Waals surface area (Å²) in [7, 11) is 0. The molecule has 0 aromatic carbocycles. The van der Waals surface area contributed by atoms with Crippen LogP contribution in [0.2, 0.25) is 0 Å². The maximum Gasteiger partial charge on any atom is 0.136 e. The van der Waals surface area contributed by atoms with E-state index in [1.807, 2.05) is 0 Å². The lowest BCUT2D eigenvalue weighted by atomic mass is 10.0. The summed E-state index contributed by atoms with van der Waals surface area (Å²) >= 11 is 0. The van der Waals surface area contributed by atoms with E-state index in [1.54, 1.807) is 0 Å². The quantitative estimate of drug-likeness (QED) is 0.588. The summed E-state index contributed by atoms with van der Waals surface area (Å²) in [6, 6.07) is 0. The third-order valence-electron chi connectivity index (χ3n) is 2.40. The van der Waals surface area contributed by atoms with E-state index in [9.17, 15) is 4.79 Å². The molecule has 0 aromatic heterocycles. The first-order valence-corrected chi connectivity index (χ1v) is 4.10. The predicted octanol–water partition coefficient (Wildman–Crippen LogP) is 2.40. The summed E-state index contributed by atoms with van der Waals surface area (Å²) in [6.45, 7) is 6.41. The first kappa shape index (κ1) is 7.77. The van der Waals surface area contributed by atoms with E-state index in [0.29, 0.717) is 17.1 Å². The van der Waals surface area contributed by atoms with Crippen molar-refractivity contribution in [3.8, 4) is 0 Å². The van der Waals surface area contributed by atoms with Crippen LogP contribution in [0.15, 0.2) is 0 Å². The van der Waals surface area contributed by atoms with Crippen LogP contribution < -0.4 is 0 Å².